The smallest absolute Gasteiger partial charge is 0.323 e. The number of ether oxygens (including phenoxy) is 1. The highest BCUT2D eigenvalue weighted by Crippen LogP contribution is 2.15. The molecule has 120 valence electrons. The average Bonchev–Trinajstić information content (AvgIpc) is 2.97. The lowest BCUT2D eigenvalue weighted by Gasteiger charge is -2.11. The minimum atomic E-state index is -0.0894. The number of aliphatic hydroxyl groups is 1. The van der Waals surface area contributed by atoms with Crippen LogP contribution in [-0.4, -0.2) is 36.4 Å². The first kappa shape index (κ1) is 21.4. The first-order valence-electron chi connectivity index (χ1n) is 7.83. The van der Waals surface area contributed by atoms with E-state index >= 15 is 0 Å². The number of esters is 1. The molecule has 2 unspecified atom stereocenters. The third-order valence-electron chi connectivity index (χ3n) is 2.87. The average molecular weight is 287 g/mol. The molecule has 0 spiro atoms. The molecule has 1 saturated heterocycles. The van der Waals surface area contributed by atoms with Crippen LogP contribution in [0.15, 0.2) is 12.7 Å². The van der Waals surface area contributed by atoms with Crippen LogP contribution in [0.5, 0.6) is 0 Å². The standard InChI is InChI=1S/C9H17NO2.C5H10O.C2H6/c1-3-7-5-6-8(10-7)9(11)12-4-2;1-2-3-4-5-6;1-2/h7-8,10H,3-6H2,1-2H3;2,6H,1,3-5H2;1-2H3. The Labute approximate surface area is 124 Å². The van der Waals surface area contributed by atoms with Gasteiger partial charge < -0.3 is 15.2 Å². The van der Waals surface area contributed by atoms with Crippen molar-refractivity contribution < 1.29 is 14.6 Å². The van der Waals surface area contributed by atoms with E-state index in [0.717, 1.165) is 32.1 Å². The lowest BCUT2D eigenvalue weighted by molar-refractivity contribution is -0.145. The van der Waals surface area contributed by atoms with Gasteiger partial charge >= 0.3 is 5.97 Å². The van der Waals surface area contributed by atoms with Crippen LogP contribution in [0, 0.1) is 0 Å². The Morgan fingerprint density at radius 2 is 2.05 bits per heavy atom. The molecule has 0 radical (unpaired) electrons. The van der Waals surface area contributed by atoms with Crippen molar-refractivity contribution in [3.63, 3.8) is 0 Å². The first-order valence-corrected chi connectivity index (χ1v) is 7.83. The second kappa shape index (κ2) is 16.2. The van der Waals surface area contributed by atoms with Crippen molar-refractivity contribution in [3.05, 3.63) is 12.7 Å². The SMILES string of the molecule is C=CCCCO.CC.CCOC(=O)C1CCC(CC)N1. The molecular formula is C16H33NO3. The molecule has 0 bridgehead atoms. The normalized spacial score (nSPS) is 20.1. The molecule has 20 heavy (non-hydrogen) atoms. The first-order chi connectivity index (χ1) is 9.69. The Morgan fingerprint density at radius 3 is 2.40 bits per heavy atom. The van der Waals surface area contributed by atoms with Crippen LogP contribution in [0.4, 0.5) is 0 Å². The Morgan fingerprint density at radius 1 is 1.40 bits per heavy atom. The summed E-state index contributed by atoms with van der Waals surface area (Å²) >= 11 is 0. The number of hydrogen-bond donors (Lipinski definition) is 2. The van der Waals surface area contributed by atoms with Gasteiger partial charge in [-0.05, 0) is 39.0 Å². The van der Waals surface area contributed by atoms with E-state index in [4.69, 9.17) is 9.84 Å². The fourth-order valence-electron chi connectivity index (χ4n) is 1.81. The quantitative estimate of drug-likeness (QED) is 0.448. The Hall–Kier alpha value is -0.870. The van der Waals surface area contributed by atoms with Crippen LogP contribution in [0.1, 0.15) is 59.8 Å². The van der Waals surface area contributed by atoms with Gasteiger partial charge in [0.1, 0.15) is 6.04 Å². The van der Waals surface area contributed by atoms with E-state index in [1.165, 1.54) is 0 Å². The van der Waals surface area contributed by atoms with Crippen molar-refractivity contribution in [2.75, 3.05) is 13.2 Å². The molecule has 0 aromatic heterocycles. The molecule has 1 aliphatic rings. The van der Waals surface area contributed by atoms with Gasteiger partial charge in [0.25, 0.3) is 0 Å². The molecule has 4 nitrogen and oxygen atoms in total. The van der Waals surface area contributed by atoms with Gasteiger partial charge in [-0.1, -0.05) is 26.8 Å². The van der Waals surface area contributed by atoms with Gasteiger partial charge in [0.2, 0.25) is 0 Å². The minimum Gasteiger partial charge on any atom is -0.465 e. The fraction of sp³-hybridized carbons (Fsp3) is 0.812. The van der Waals surface area contributed by atoms with Crippen LogP contribution < -0.4 is 5.32 Å². The number of unbranched alkanes of at least 4 members (excludes halogenated alkanes) is 1. The topological polar surface area (TPSA) is 58.6 Å². The van der Waals surface area contributed by atoms with Gasteiger partial charge in [-0.3, -0.25) is 4.79 Å². The van der Waals surface area contributed by atoms with Crippen LogP contribution in [-0.2, 0) is 9.53 Å². The molecule has 0 amide bonds. The predicted molar refractivity (Wildman–Crippen MR) is 84.7 cm³/mol. The van der Waals surface area contributed by atoms with Crippen molar-refractivity contribution in [1.29, 1.82) is 0 Å². The van der Waals surface area contributed by atoms with E-state index in [2.05, 4.69) is 18.8 Å². The monoisotopic (exact) mass is 287 g/mol. The maximum absolute atomic E-state index is 11.2. The molecule has 2 N–H and O–H groups in total. The van der Waals surface area contributed by atoms with Crippen LogP contribution in [0.3, 0.4) is 0 Å². The van der Waals surface area contributed by atoms with Crippen LogP contribution in [0.25, 0.3) is 0 Å². The van der Waals surface area contributed by atoms with Crippen LogP contribution >= 0.6 is 0 Å². The number of nitrogens with one attached hydrogen (secondary N) is 1. The highest BCUT2D eigenvalue weighted by atomic mass is 16.5. The Balaban J connectivity index is 0. The van der Waals surface area contributed by atoms with E-state index in [9.17, 15) is 4.79 Å². The van der Waals surface area contributed by atoms with E-state index in [-0.39, 0.29) is 18.6 Å². The summed E-state index contributed by atoms with van der Waals surface area (Å²) in [6.07, 6.45) is 6.70. The molecule has 1 fully saturated rings. The van der Waals surface area contributed by atoms with Gasteiger partial charge in [-0.2, -0.15) is 0 Å². The molecule has 1 rings (SSSR count). The second-order valence-corrected chi connectivity index (χ2v) is 4.31. The van der Waals surface area contributed by atoms with Crippen molar-refractivity contribution >= 4 is 5.97 Å². The summed E-state index contributed by atoms with van der Waals surface area (Å²) < 4.78 is 4.92. The maximum atomic E-state index is 11.2. The predicted octanol–water partition coefficient (Wildman–Crippen LogP) is 3.05. The number of carbonyl (C=O) groups excluding carboxylic acids is 1. The summed E-state index contributed by atoms with van der Waals surface area (Å²) in [4.78, 5) is 11.2. The molecule has 0 aromatic carbocycles. The third kappa shape index (κ3) is 11.0. The Bertz CT molecular complexity index is 232. The molecule has 0 aromatic rings. The lowest BCUT2D eigenvalue weighted by Crippen LogP contribution is -2.36. The zero-order chi connectivity index (χ0) is 15.8. The van der Waals surface area contributed by atoms with E-state index in [1.807, 2.05) is 20.8 Å². The number of hydrogen-bond acceptors (Lipinski definition) is 4. The minimum absolute atomic E-state index is 0.0464. The maximum Gasteiger partial charge on any atom is 0.323 e. The summed E-state index contributed by atoms with van der Waals surface area (Å²) in [5.41, 5.74) is 0. The lowest BCUT2D eigenvalue weighted by atomic mass is 10.1. The van der Waals surface area contributed by atoms with Gasteiger partial charge in [0.15, 0.2) is 0 Å². The summed E-state index contributed by atoms with van der Waals surface area (Å²) in [5, 5.41) is 11.4. The number of aliphatic hydroxyl groups excluding tert-OH is 1. The van der Waals surface area contributed by atoms with Gasteiger partial charge in [0.05, 0.1) is 6.61 Å². The zero-order valence-corrected chi connectivity index (χ0v) is 13.7. The molecule has 0 aliphatic carbocycles. The van der Waals surface area contributed by atoms with Crippen molar-refractivity contribution in [1.82, 2.24) is 5.32 Å². The summed E-state index contributed by atoms with van der Waals surface area (Å²) in [6.45, 7) is 12.2. The highest BCUT2D eigenvalue weighted by molar-refractivity contribution is 5.76. The zero-order valence-electron chi connectivity index (χ0n) is 13.7. The van der Waals surface area contributed by atoms with Gasteiger partial charge in [-0.25, -0.2) is 0 Å². The van der Waals surface area contributed by atoms with Crippen molar-refractivity contribution in [2.24, 2.45) is 0 Å². The Kier molecular flexibility index (Phi) is 17.3. The molecule has 1 aliphatic heterocycles. The van der Waals surface area contributed by atoms with Crippen molar-refractivity contribution in [2.45, 2.75) is 71.9 Å². The molecule has 1 heterocycles. The third-order valence-corrected chi connectivity index (χ3v) is 2.87. The second-order valence-electron chi connectivity index (χ2n) is 4.31. The molecule has 4 heteroatoms. The van der Waals surface area contributed by atoms with E-state index in [0.29, 0.717) is 12.6 Å². The van der Waals surface area contributed by atoms with Crippen molar-refractivity contribution in [3.8, 4) is 0 Å². The number of rotatable bonds is 6. The fourth-order valence-corrected chi connectivity index (χ4v) is 1.81. The largest absolute Gasteiger partial charge is 0.465 e. The van der Waals surface area contributed by atoms with Gasteiger partial charge in [0, 0.05) is 12.6 Å². The highest BCUT2D eigenvalue weighted by Gasteiger charge is 2.28. The van der Waals surface area contributed by atoms with Crippen LogP contribution in [0.2, 0.25) is 0 Å². The molecule has 0 saturated carbocycles. The van der Waals surface area contributed by atoms with Gasteiger partial charge in [-0.15, -0.1) is 6.58 Å². The molecular weight excluding hydrogens is 254 g/mol. The number of carbonyl (C=O) groups is 1. The van der Waals surface area contributed by atoms with E-state index in [1.54, 1.807) is 6.08 Å². The summed E-state index contributed by atoms with van der Waals surface area (Å²) in [6, 6.07) is 0.467. The molecule has 2 atom stereocenters. The summed E-state index contributed by atoms with van der Waals surface area (Å²) in [5.74, 6) is -0.0894. The number of allylic oxidation sites excluding steroid dienone is 1. The van der Waals surface area contributed by atoms with E-state index < -0.39 is 0 Å². The summed E-state index contributed by atoms with van der Waals surface area (Å²) in [7, 11) is 0.